The van der Waals surface area contributed by atoms with E-state index in [2.05, 4.69) is 24.2 Å². The van der Waals surface area contributed by atoms with Gasteiger partial charge in [-0.1, -0.05) is 31.7 Å². The van der Waals surface area contributed by atoms with Gasteiger partial charge in [-0.15, -0.1) is 0 Å². The van der Waals surface area contributed by atoms with Gasteiger partial charge in [0.25, 0.3) is 5.91 Å². The Hall–Kier alpha value is -2.53. The summed E-state index contributed by atoms with van der Waals surface area (Å²) in [6, 6.07) is 7.94. The van der Waals surface area contributed by atoms with Gasteiger partial charge in [0.1, 0.15) is 18.2 Å². The zero-order valence-electron chi connectivity index (χ0n) is 12.9. The second-order valence-electron chi connectivity index (χ2n) is 4.77. The Morgan fingerprint density at radius 3 is 2.68 bits per heavy atom. The van der Waals surface area contributed by atoms with Gasteiger partial charge in [0.15, 0.2) is 0 Å². The summed E-state index contributed by atoms with van der Waals surface area (Å²) >= 11 is 0. The van der Waals surface area contributed by atoms with Crippen LogP contribution < -0.4 is 15.5 Å². The second-order valence-corrected chi connectivity index (χ2v) is 4.77. The van der Waals surface area contributed by atoms with Crippen LogP contribution >= 0.6 is 0 Å². The van der Waals surface area contributed by atoms with E-state index in [1.165, 1.54) is 16.6 Å². The number of allylic oxidation sites excluding steroid dienone is 2. The minimum Gasteiger partial charge on any atom is -0.487 e. The fourth-order valence-corrected chi connectivity index (χ4v) is 2.11. The lowest BCUT2D eigenvalue weighted by Gasteiger charge is -2.29. The Morgan fingerprint density at radius 2 is 2.09 bits per heavy atom. The monoisotopic (exact) mass is 299 g/mol. The Kier molecular flexibility index (Phi) is 5.38. The van der Waals surface area contributed by atoms with E-state index < -0.39 is 0 Å². The first-order chi connectivity index (χ1) is 10.7. The summed E-state index contributed by atoms with van der Waals surface area (Å²) < 4.78 is 5.71. The smallest absolute Gasteiger partial charge is 0.268 e. The maximum Gasteiger partial charge on any atom is 0.268 e. The number of ether oxygens (including phenoxy) is 1. The van der Waals surface area contributed by atoms with E-state index >= 15 is 0 Å². The topological polar surface area (TPSA) is 53.6 Å². The van der Waals surface area contributed by atoms with Crippen LogP contribution in [0.25, 0.3) is 0 Å². The molecule has 0 spiro atoms. The SMILES string of the molecule is C=C/C=C1\NC(COc2ccc(CC)cc2)=CC(=O)N1NC. The largest absolute Gasteiger partial charge is 0.487 e. The van der Waals surface area contributed by atoms with Crippen molar-refractivity contribution in [1.82, 2.24) is 15.8 Å². The van der Waals surface area contributed by atoms with Gasteiger partial charge in [0.05, 0.1) is 5.70 Å². The molecule has 0 unspecified atom stereocenters. The quantitative estimate of drug-likeness (QED) is 0.845. The van der Waals surface area contributed by atoms with Crippen molar-refractivity contribution in [2.45, 2.75) is 13.3 Å². The number of rotatable bonds is 6. The van der Waals surface area contributed by atoms with Crippen LogP contribution in [0.1, 0.15) is 12.5 Å². The summed E-state index contributed by atoms with van der Waals surface area (Å²) in [7, 11) is 1.68. The minimum atomic E-state index is -0.158. The maximum atomic E-state index is 12.0. The lowest BCUT2D eigenvalue weighted by atomic mass is 10.2. The highest BCUT2D eigenvalue weighted by Gasteiger charge is 2.21. The van der Waals surface area contributed by atoms with E-state index in [0.717, 1.165) is 12.2 Å². The molecule has 0 saturated heterocycles. The first-order valence-electron chi connectivity index (χ1n) is 7.21. The summed E-state index contributed by atoms with van der Waals surface area (Å²) in [6.45, 7) is 6.06. The Morgan fingerprint density at radius 1 is 1.36 bits per heavy atom. The number of amides is 1. The Balaban J connectivity index is 2.04. The van der Waals surface area contributed by atoms with Crippen LogP contribution in [0.2, 0.25) is 0 Å². The number of carbonyl (C=O) groups excluding carboxylic acids is 1. The first-order valence-corrected chi connectivity index (χ1v) is 7.21. The number of carbonyl (C=O) groups is 1. The average Bonchev–Trinajstić information content (AvgIpc) is 2.53. The molecule has 1 aliphatic heterocycles. The molecule has 2 N–H and O–H groups in total. The third-order valence-electron chi connectivity index (χ3n) is 3.27. The lowest BCUT2D eigenvalue weighted by Crippen LogP contribution is -2.47. The molecule has 1 aliphatic rings. The van der Waals surface area contributed by atoms with Gasteiger partial charge in [0.2, 0.25) is 0 Å². The molecular weight excluding hydrogens is 278 g/mol. The van der Waals surface area contributed by atoms with Crippen LogP contribution in [0, 0.1) is 0 Å². The number of aryl methyl sites for hydroxylation is 1. The molecule has 0 bridgehead atoms. The van der Waals surface area contributed by atoms with Crippen molar-refractivity contribution in [3.8, 4) is 5.75 Å². The molecular formula is C17H21N3O2. The third-order valence-corrected chi connectivity index (χ3v) is 3.27. The van der Waals surface area contributed by atoms with E-state index in [9.17, 15) is 4.79 Å². The molecule has 0 radical (unpaired) electrons. The lowest BCUT2D eigenvalue weighted by molar-refractivity contribution is -0.127. The van der Waals surface area contributed by atoms with Crippen LogP contribution in [0.5, 0.6) is 5.75 Å². The summed E-state index contributed by atoms with van der Waals surface area (Å²) in [5, 5.41) is 4.55. The molecule has 0 aliphatic carbocycles. The predicted octanol–water partition coefficient (Wildman–Crippen LogP) is 2.11. The highest BCUT2D eigenvalue weighted by Crippen LogP contribution is 2.15. The Bertz CT molecular complexity index is 603. The van der Waals surface area contributed by atoms with Gasteiger partial charge in [0, 0.05) is 13.1 Å². The zero-order valence-corrected chi connectivity index (χ0v) is 12.9. The average molecular weight is 299 g/mol. The van der Waals surface area contributed by atoms with Crippen molar-refractivity contribution in [3.05, 3.63) is 66.2 Å². The van der Waals surface area contributed by atoms with Gasteiger partial charge in [-0.2, -0.15) is 0 Å². The zero-order chi connectivity index (χ0) is 15.9. The van der Waals surface area contributed by atoms with E-state index in [0.29, 0.717) is 18.1 Å². The third kappa shape index (κ3) is 3.77. The fraction of sp³-hybridized carbons (Fsp3) is 0.235. The van der Waals surface area contributed by atoms with Crippen molar-refractivity contribution in [2.75, 3.05) is 13.7 Å². The second kappa shape index (κ2) is 7.47. The maximum absolute atomic E-state index is 12.0. The van der Waals surface area contributed by atoms with E-state index in [1.54, 1.807) is 19.2 Å². The number of nitrogens with one attached hydrogen (secondary N) is 2. The van der Waals surface area contributed by atoms with Crippen LogP contribution in [0.15, 0.2) is 60.6 Å². The molecule has 1 aromatic carbocycles. The number of benzene rings is 1. The molecule has 116 valence electrons. The van der Waals surface area contributed by atoms with Gasteiger partial charge in [-0.3, -0.25) is 4.79 Å². The normalized spacial score (nSPS) is 16.3. The van der Waals surface area contributed by atoms with E-state index in [1.807, 2.05) is 24.3 Å². The molecule has 1 heterocycles. The molecule has 5 nitrogen and oxygen atoms in total. The summed E-state index contributed by atoms with van der Waals surface area (Å²) in [6.07, 6.45) is 5.85. The first kappa shape index (κ1) is 15.9. The van der Waals surface area contributed by atoms with Crippen molar-refractivity contribution in [1.29, 1.82) is 0 Å². The fourth-order valence-electron chi connectivity index (χ4n) is 2.11. The standard InChI is InChI=1S/C17H21N3O2/c1-4-6-16-19-14(11-17(21)20(16)18-3)12-22-15-9-7-13(5-2)8-10-15/h4,6-11,18-19H,1,5,12H2,2-3H3/b16-6+. The molecule has 1 amide bonds. The van der Waals surface area contributed by atoms with Crippen LogP contribution in [-0.2, 0) is 11.2 Å². The minimum absolute atomic E-state index is 0.158. The highest BCUT2D eigenvalue weighted by molar-refractivity contribution is 5.90. The van der Waals surface area contributed by atoms with Crippen LogP contribution in [-0.4, -0.2) is 24.6 Å². The number of hydrogen-bond acceptors (Lipinski definition) is 4. The number of nitrogens with zero attached hydrogens (tertiary/aromatic N) is 1. The van der Waals surface area contributed by atoms with Crippen molar-refractivity contribution >= 4 is 5.91 Å². The summed E-state index contributed by atoms with van der Waals surface area (Å²) in [4.78, 5) is 12.0. The molecule has 0 saturated carbocycles. The van der Waals surface area contributed by atoms with Crippen LogP contribution in [0.4, 0.5) is 0 Å². The predicted molar refractivity (Wildman–Crippen MR) is 86.7 cm³/mol. The van der Waals surface area contributed by atoms with Gasteiger partial charge >= 0.3 is 0 Å². The summed E-state index contributed by atoms with van der Waals surface area (Å²) in [5.41, 5.74) is 4.78. The van der Waals surface area contributed by atoms with Crippen LogP contribution in [0.3, 0.4) is 0 Å². The van der Waals surface area contributed by atoms with Gasteiger partial charge in [-0.05, 0) is 30.2 Å². The molecule has 22 heavy (non-hydrogen) atoms. The molecule has 2 rings (SSSR count). The molecule has 0 atom stereocenters. The summed E-state index contributed by atoms with van der Waals surface area (Å²) in [5.74, 6) is 1.23. The molecule has 0 aromatic heterocycles. The van der Waals surface area contributed by atoms with Crippen molar-refractivity contribution in [3.63, 3.8) is 0 Å². The molecule has 5 heteroatoms. The molecule has 0 fully saturated rings. The number of hydrazine groups is 1. The van der Waals surface area contributed by atoms with Crippen molar-refractivity contribution < 1.29 is 9.53 Å². The number of hydrogen-bond donors (Lipinski definition) is 2. The van der Waals surface area contributed by atoms with Crippen molar-refractivity contribution in [2.24, 2.45) is 0 Å². The van der Waals surface area contributed by atoms with E-state index in [-0.39, 0.29) is 5.91 Å². The van der Waals surface area contributed by atoms with Gasteiger partial charge < -0.3 is 10.1 Å². The Labute approximate surface area is 130 Å². The van der Waals surface area contributed by atoms with Gasteiger partial charge in [-0.25, -0.2) is 10.4 Å². The van der Waals surface area contributed by atoms with E-state index in [4.69, 9.17) is 4.74 Å². The molecule has 1 aromatic rings. The highest BCUT2D eigenvalue weighted by atomic mass is 16.5.